The molecule has 0 aromatic heterocycles. The fourth-order valence-electron chi connectivity index (χ4n) is 3.45. The van der Waals surface area contributed by atoms with Crippen molar-refractivity contribution in [1.82, 2.24) is 15.1 Å². The van der Waals surface area contributed by atoms with E-state index in [2.05, 4.69) is 63.1 Å². The van der Waals surface area contributed by atoms with Crippen molar-refractivity contribution in [3.05, 3.63) is 35.4 Å². The van der Waals surface area contributed by atoms with Gasteiger partial charge in [-0.15, -0.1) is 0 Å². The molecule has 6 heteroatoms. The highest BCUT2D eigenvalue weighted by Gasteiger charge is 2.21. The van der Waals surface area contributed by atoms with Gasteiger partial charge in [0.15, 0.2) is 5.96 Å². The molecule has 1 aromatic carbocycles. The molecule has 0 saturated carbocycles. The van der Waals surface area contributed by atoms with Crippen molar-refractivity contribution in [2.45, 2.75) is 31.7 Å². The predicted octanol–water partition coefficient (Wildman–Crippen LogP) is 2.42. The van der Waals surface area contributed by atoms with Crippen LogP contribution in [0.25, 0.3) is 0 Å². The predicted molar refractivity (Wildman–Crippen MR) is 111 cm³/mol. The van der Waals surface area contributed by atoms with Crippen molar-refractivity contribution in [2.75, 3.05) is 52.2 Å². The standard InChI is InChI=1S/C20H32N4OS/c1-3-19-16-24(10-13-26-19)20(21-2)22-14-17-4-6-18(7-5-17)15-23-8-11-25-12-9-23/h4-7,19H,3,8-16H2,1-2H3,(H,21,22). The highest BCUT2D eigenvalue weighted by atomic mass is 32.2. The summed E-state index contributed by atoms with van der Waals surface area (Å²) in [6.45, 7) is 10.1. The minimum atomic E-state index is 0.724. The van der Waals surface area contributed by atoms with E-state index in [0.29, 0.717) is 0 Å². The Hall–Kier alpha value is -1.24. The first-order valence-corrected chi connectivity index (χ1v) is 10.8. The van der Waals surface area contributed by atoms with Crippen molar-refractivity contribution < 1.29 is 4.74 Å². The normalized spacial score (nSPS) is 22.5. The van der Waals surface area contributed by atoms with Gasteiger partial charge in [0.1, 0.15) is 0 Å². The molecule has 3 rings (SSSR count). The Morgan fingerprint density at radius 1 is 1.19 bits per heavy atom. The van der Waals surface area contributed by atoms with Crippen molar-refractivity contribution in [1.29, 1.82) is 0 Å². The third-order valence-electron chi connectivity index (χ3n) is 5.09. The van der Waals surface area contributed by atoms with E-state index < -0.39 is 0 Å². The van der Waals surface area contributed by atoms with Crippen molar-refractivity contribution in [3.8, 4) is 0 Å². The number of hydrogen-bond acceptors (Lipinski definition) is 4. The lowest BCUT2D eigenvalue weighted by Gasteiger charge is -2.34. The summed E-state index contributed by atoms with van der Waals surface area (Å²) < 4.78 is 5.42. The number of nitrogens with one attached hydrogen (secondary N) is 1. The smallest absolute Gasteiger partial charge is 0.193 e. The number of morpholine rings is 1. The first-order valence-electron chi connectivity index (χ1n) is 9.73. The molecule has 0 spiro atoms. The summed E-state index contributed by atoms with van der Waals surface area (Å²) in [5.74, 6) is 2.22. The second kappa shape index (κ2) is 10.2. The Kier molecular flexibility index (Phi) is 7.65. The summed E-state index contributed by atoms with van der Waals surface area (Å²) in [4.78, 5) is 9.35. The zero-order valence-corrected chi connectivity index (χ0v) is 16.9. The molecule has 2 aliphatic heterocycles. The number of aliphatic imine (C=N–C) groups is 1. The van der Waals surface area contributed by atoms with E-state index in [-0.39, 0.29) is 0 Å². The molecular weight excluding hydrogens is 344 g/mol. The monoisotopic (exact) mass is 376 g/mol. The number of hydrogen-bond donors (Lipinski definition) is 1. The van der Waals surface area contributed by atoms with Crippen LogP contribution in [-0.2, 0) is 17.8 Å². The van der Waals surface area contributed by atoms with Crippen LogP contribution in [-0.4, -0.2) is 73.2 Å². The summed E-state index contributed by atoms with van der Waals surface area (Å²) in [6, 6.07) is 8.97. The number of ether oxygens (including phenoxy) is 1. The maximum Gasteiger partial charge on any atom is 0.193 e. The lowest BCUT2D eigenvalue weighted by molar-refractivity contribution is 0.0342. The molecule has 2 heterocycles. The molecule has 0 bridgehead atoms. The molecule has 1 aromatic rings. The molecule has 2 fully saturated rings. The van der Waals surface area contributed by atoms with Crippen LogP contribution in [0.4, 0.5) is 0 Å². The van der Waals surface area contributed by atoms with Crippen molar-refractivity contribution in [3.63, 3.8) is 0 Å². The average molecular weight is 377 g/mol. The fourth-order valence-corrected chi connectivity index (χ4v) is 4.63. The van der Waals surface area contributed by atoms with E-state index in [1.807, 2.05) is 7.05 Å². The first kappa shape index (κ1) is 19.5. The fraction of sp³-hybridized carbons (Fsp3) is 0.650. The van der Waals surface area contributed by atoms with E-state index in [9.17, 15) is 0 Å². The van der Waals surface area contributed by atoms with Gasteiger partial charge in [0.25, 0.3) is 0 Å². The molecule has 0 radical (unpaired) electrons. The molecule has 2 saturated heterocycles. The van der Waals surface area contributed by atoms with Gasteiger partial charge in [-0.1, -0.05) is 31.2 Å². The zero-order chi connectivity index (χ0) is 18.2. The summed E-state index contributed by atoms with van der Waals surface area (Å²) in [5, 5.41) is 4.26. The maximum absolute atomic E-state index is 5.42. The van der Waals surface area contributed by atoms with Gasteiger partial charge in [0.2, 0.25) is 0 Å². The molecule has 26 heavy (non-hydrogen) atoms. The molecule has 1 atom stereocenters. The molecular formula is C20H32N4OS. The van der Waals surface area contributed by atoms with Gasteiger partial charge in [-0.25, -0.2) is 0 Å². The second-order valence-electron chi connectivity index (χ2n) is 6.95. The van der Waals surface area contributed by atoms with Gasteiger partial charge in [0.05, 0.1) is 13.2 Å². The minimum absolute atomic E-state index is 0.724. The zero-order valence-electron chi connectivity index (χ0n) is 16.1. The van der Waals surface area contributed by atoms with Crippen molar-refractivity contribution in [2.24, 2.45) is 4.99 Å². The lowest BCUT2D eigenvalue weighted by atomic mass is 10.1. The van der Waals surface area contributed by atoms with Gasteiger partial charge in [-0.3, -0.25) is 9.89 Å². The van der Waals surface area contributed by atoms with Crippen LogP contribution < -0.4 is 5.32 Å². The number of rotatable bonds is 5. The third kappa shape index (κ3) is 5.63. The summed E-state index contributed by atoms with van der Waals surface area (Å²) >= 11 is 2.09. The largest absolute Gasteiger partial charge is 0.379 e. The lowest BCUT2D eigenvalue weighted by Crippen LogP contribution is -2.47. The summed E-state index contributed by atoms with van der Waals surface area (Å²) in [5.41, 5.74) is 2.68. The molecule has 144 valence electrons. The number of thioether (sulfide) groups is 1. The Labute approximate surface area is 162 Å². The maximum atomic E-state index is 5.42. The van der Waals surface area contributed by atoms with Crippen LogP contribution in [0.2, 0.25) is 0 Å². The first-order chi connectivity index (χ1) is 12.8. The topological polar surface area (TPSA) is 40.1 Å². The van der Waals surface area contributed by atoms with Gasteiger partial charge < -0.3 is 15.0 Å². The second-order valence-corrected chi connectivity index (χ2v) is 8.36. The van der Waals surface area contributed by atoms with E-state index in [0.717, 1.165) is 63.7 Å². The molecule has 5 nitrogen and oxygen atoms in total. The van der Waals surface area contributed by atoms with Crippen molar-refractivity contribution >= 4 is 17.7 Å². The van der Waals surface area contributed by atoms with Crippen LogP contribution in [0.15, 0.2) is 29.3 Å². The molecule has 1 N–H and O–H groups in total. The van der Waals surface area contributed by atoms with Gasteiger partial charge in [-0.05, 0) is 17.5 Å². The Morgan fingerprint density at radius 3 is 2.62 bits per heavy atom. The quantitative estimate of drug-likeness (QED) is 0.631. The van der Waals surface area contributed by atoms with Crippen LogP contribution in [0, 0.1) is 0 Å². The average Bonchev–Trinajstić information content (AvgIpc) is 2.70. The third-order valence-corrected chi connectivity index (χ3v) is 6.46. The van der Waals surface area contributed by atoms with Crippen LogP contribution in [0.1, 0.15) is 24.5 Å². The highest BCUT2D eigenvalue weighted by Crippen LogP contribution is 2.21. The number of benzene rings is 1. The number of nitrogens with zero attached hydrogens (tertiary/aromatic N) is 3. The van der Waals surface area contributed by atoms with E-state index in [1.165, 1.54) is 23.3 Å². The van der Waals surface area contributed by atoms with Crippen LogP contribution in [0.5, 0.6) is 0 Å². The highest BCUT2D eigenvalue weighted by molar-refractivity contribution is 8.00. The molecule has 2 aliphatic rings. The summed E-state index contributed by atoms with van der Waals surface area (Å²) in [7, 11) is 1.89. The van der Waals surface area contributed by atoms with Crippen LogP contribution >= 0.6 is 11.8 Å². The Morgan fingerprint density at radius 2 is 1.92 bits per heavy atom. The SMILES string of the molecule is CCC1CN(C(=NC)NCc2ccc(CN3CCOCC3)cc2)CCS1. The molecule has 0 aliphatic carbocycles. The van der Waals surface area contributed by atoms with Gasteiger partial charge in [-0.2, -0.15) is 11.8 Å². The van der Waals surface area contributed by atoms with E-state index in [1.54, 1.807) is 0 Å². The number of guanidine groups is 1. The van der Waals surface area contributed by atoms with E-state index >= 15 is 0 Å². The van der Waals surface area contributed by atoms with Gasteiger partial charge >= 0.3 is 0 Å². The Bertz CT molecular complexity index is 572. The molecule has 0 amide bonds. The van der Waals surface area contributed by atoms with Crippen LogP contribution in [0.3, 0.4) is 0 Å². The van der Waals surface area contributed by atoms with Gasteiger partial charge in [0, 0.05) is 57.3 Å². The van der Waals surface area contributed by atoms with E-state index in [4.69, 9.17) is 4.74 Å². The Balaban J connectivity index is 1.48. The molecule has 1 unspecified atom stereocenters. The summed E-state index contributed by atoms with van der Waals surface area (Å²) in [6.07, 6.45) is 1.22. The minimum Gasteiger partial charge on any atom is -0.379 e.